The van der Waals surface area contributed by atoms with Crippen LogP contribution in [0.3, 0.4) is 0 Å². The Balaban J connectivity index is 1.93. The molecule has 5 heteroatoms. The standard InChI is InChI=1S/C15H21N5/c1-10-3-5-14(6-4-10)20-15(17-18-19-20)12-7-11(2)8-13(16)9-12/h7-10,14H,3-6,16H2,1-2H3. The molecule has 1 heterocycles. The molecule has 1 aliphatic carbocycles. The molecule has 106 valence electrons. The lowest BCUT2D eigenvalue weighted by Gasteiger charge is -2.26. The van der Waals surface area contributed by atoms with Crippen LogP contribution in [0.1, 0.15) is 44.2 Å². The number of aromatic nitrogens is 4. The summed E-state index contributed by atoms with van der Waals surface area (Å²) in [5, 5.41) is 12.3. The van der Waals surface area contributed by atoms with Gasteiger partial charge in [0.05, 0.1) is 6.04 Å². The monoisotopic (exact) mass is 271 g/mol. The second-order valence-corrected chi connectivity index (χ2v) is 5.99. The molecule has 20 heavy (non-hydrogen) atoms. The lowest BCUT2D eigenvalue weighted by atomic mass is 9.87. The third-order valence-corrected chi connectivity index (χ3v) is 4.18. The van der Waals surface area contributed by atoms with Crippen molar-refractivity contribution < 1.29 is 0 Å². The maximum absolute atomic E-state index is 5.93. The first kappa shape index (κ1) is 13.1. The summed E-state index contributed by atoms with van der Waals surface area (Å²) in [7, 11) is 0. The highest BCUT2D eigenvalue weighted by atomic mass is 15.5. The van der Waals surface area contributed by atoms with Gasteiger partial charge in [0, 0.05) is 11.3 Å². The fourth-order valence-electron chi connectivity index (χ4n) is 3.06. The van der Waals surface area contributed by atoms with Crippen LogP contribution < -0.4 is 5.73 Å². The van der Waals surface area contributed by atoms with E-state index in [4.69, 9.17) is 5.73 Å². The van der Waals surface area contributed by atoms with Crippen molar-refractivity contribution in [2.45, 2.75) is 45.6 Å². The molecule has 1 fully saturated rings. The van der Waals surface area contributed by atoms with Gasteiger partial charge in [-0.25, -0.2) is 4.68 Å². The Morgan fingerprint density at radius 2 is 1.90 bits per heavy atom. The third-order valence-electron chi connectivity index (χ3n) is 4.18. The number of nitrogens with zero attached hydrogens (tertiary/aromatic N) is 4. The van der Waals surface area contributed by atoms with Gasteiger partial charge in [-0.15, -0.1) is 5.10 Å². The first-order chi connectivity index (χ1) is 9.63. The SMILES string of the molecule is Cc1cc(N)cc(-c2nnnn2C2CCC(C)CC2)c1. The maximum Gasteiger partial charge on any atom is 0.182 e. The minimum atomic E-state index is 0.415. The van der Waals surface area contributed by atoms with E-state index in [1.54, 1.807) is 0 Å². The maximum atomic E-state index is 5.93. The van der Waals surface area contributed by atoms with E-state index < -0.39 is 0 Å². The summed E-state index contributed by atoms with van der Waals surface area (Å²) in [5.41, 5.74) is 8.83. The molecule has 1 aromatic carbocycles. The first-order valence-electron chi connectivity index (χ1n) is 7.29. The number of benzene rings is 1. The van der Waals surface area contributed by atoms with Crippen molar-refractivity contribution in [3.8, 4) is 11.4 Å². The zero-order chi connectivity index (χ0) is 14.1. The molecule has 2 N–H and O–H groups in total. The van der Waals surface area contributed by atoms with E-state index in [1.807, 2.05) is 23.7 Å². The Morgan fingerprint density at radius 1 is 1.15 bits per heavy atom. The number of rotatable bonds is 2. The molecule has 3 rings (SSSR count). The van der Waals surface area contributed by atoms with Crippen LogP contribution in [0.5, 0.6) is 0 Å². The Kier molecular flexibility index (Phi) is 3.42. The Morgan fingerprint density at radius 3 is 2.60 bits per heavy atom. The van der Waals surface area contributed by atoms with Crippen molar-refractivity contribution in [1.82, 2.24) is 20.2 Å². The molecule has 0 aliphatic heterocycles. The fourth-order valence-corrected chi connectivity index (χ4v) is 3.06. The quantitative estimate of drug-likeness (QED) is 0.852. The second-order valence-electron chi connectivity index (χ2n) is 5.99. The Bertz CT molecular complexity index is 576. The molecule has 1 saturated carbocycles. The van der Waals surface area contributed by atoms with E-state index in [-0.39, 0.29) is 0 Å². The highest BCUT2D eigenvalue weighted by Gasteiger charge is 2.23. The molecule has 0 atom stereocenters. The molecule has 1 aromatic heterocycles. The van der Waals surface area contributed by atoms with Gasteiger partial charge in [0.2, 0.25) is 0 Å². The van der Waals surface area contributed by atoms with Gasteiger partial charge in [-0.2, -0.15) is 0 Å². The molecule has 5 nitrogen and oxygen atoms in total. The second kappa shape index (κ2) is 5.23. The minimum Gasteiger partial charge on any atom is -0.399 e. The van der Waals surface area contributed by atoms with Crippen LogP contribution in [0.2, 0.25) is 0 Å². The molecular weight excluding hydrogens is 250 g/mol. The van der Waals surface area contributed by atoms with Crippen molar-refractivity contribution in [3.63, 3.8) is 0 Å². The van der Waals surface area contributed by atoms with Gasteiger partial charge in [0.1, 0.15) is 0 Å². The molecule has 0 bridgehead atoms. The predicted octanol–water partition coefficient (Wildman–Crippen LogP) is 2.98. The van der Waals surface area contributed by atoms with Gasteiger partial charge >= 0.3 is 0 Å². The first-order valence-corrected chi connectivity index (χ1v) is 7.29. The van der Waals surface area contributed by atoms with Crippen LogP contribution in [0.4, 0.5) is 5.69 Å². The van der Waals surface area contributed by atoms with Crippen LogP contribution in [0, 0.1) is 12.8 Å². The summed E-state index contributed by atoms with van der Waals surface area (Å²) in [6.45, 7) is 4.36. The Hall–Kier alpha value is -1.91. The molecular formula is C15H21N5. The number of tetrazole rings is 1. The van der Waals surface area contributed by atoms with Crippen molar-refractivity contribution >= 4 is 5.69 Å². The zero-order valence-electron chi connectivity index (χ0n) is 12.1. The van der Waals surface area contributed by atoms with Crippen molar-refractivity contribution in [1.29, 1.82) is 0 Å². The average Bonchev–Trinajstić information content (AvgIpc) is 2.87. The smallest absolute Gasteiger partial charge is 0.182 e. The number of hydrogen-bond acceptors (Lipinski definition) is 4. The topological polar surface area (TPSA) is 69.6 Å². The van der Waals surface area contributed by atoms with E-state index in [1.165, 1.54) is 12.8 Å². The summed E-state index contributed by atoms with van der Waals surface area (Å²) >= 11 is 0. The van der Waals surface area contributed by atoms with Gasteiger partial charge in [0.25, 0.3) is 0 Å². The lowest BCUT2D eigenvalue weighted by Crippen LogP contribution is -2.18. The van der Waals surface area contributed by atoms with E-state index in [0.29, 0.717) is 6.04 Å². The lowest BCUT2D eigenvalue weighted by molar-refractivity contribution is 0.272. The van der Waals surface area contributed by atoms with Crippen LogP contribution in [-0.4, -0.2) is 20.2 Å². The van der Waals surface area contributed by atoms with Gasteiger partial charge < -0.3 is 5.73 Å². The molecule has 0 spiro atoms. The summed E-state index contributed by atoms with van der Waals surface area (Å²) in [6.07, 6.45) is 4.81. The van der Waals surface area contributed by atoms with Crippen LogP contribution >= 0.6 is 0 Å². The molecule has 0 radical (unpaired) electrons. The normalized spacial score (nSPS) is 22.9. The number of aryl methyl sites for hydroxylation is 1. The largest absolute Gasteiger partial charge is 0.399 e. The molecule has 0 saturated heterocycles. The summed E-state index contributed by atoms with van der Waals surface area (Å²) < 4.78 is 1.99. The zero-order valence-corrected chi connectivity index (χ0v) is 12.1. The molecule has 1 aliphatic rings. The van der Waals surface area contributed by atoms with Crippen LogP contribution in [-0.2, 0) is 0 Å². The van der Waals surface area contributed by atoms with Crippen molar-refractivity contribution in [2.24, 2.45) is 5.92 Å². The van der Waals surface area contributed by atoms with E-state index in [2.05, 4.69) is 28.5 Å². The average molecular weight is 271 g/mol. The van der Waals surface area contributed by atoms with E-state index in [9.17, 15) is 0 Å². The van der Waals surface area contributed by atoms with Gasteiger partial charge in [-0.3, -0.25) is 0 Å². The minimum absolute atomic E-state index is 0.415. The van der Waals surface area contributed by atoms with Crippen LogP contribution in [0.25, 0.3) is 11.4 Å². The van der Waals surface area contributed by atoms with Crippen molar-refractivity contribution in [2.75, 3.05) is 5.73 Å². The predicted molar refractivity (Wildman–Crippen MR) is 79.1 cm³/mol. The number of nitrogen functional groups attached to an aromatic ring is 1. The summed E-state index contributed by atoms with van der Waals surface area (Å²) in [4.78, 5) is 0. The number of anilines is 1. The molecule has 0 unspecified atom stereocenters. The molecule has 2 aromatic rings. The van der Waals surface area contributed by atoms with E-state index >= 15 is 0 Å². The van der Waals surface area contributed by atoms with Gasteiger partial charge in [-0.05, 0) is 72.7 Å². The van der Waals surface area contributed by atoms with Crippen molar-refractivity contribution in [3.05, 3.63) is 23.8 Å². The highest BCUT2D eigenvalue weighted by molar-refractivity contribution is 5.62. The fraction of sp³-hybridized carbons (Fsp3) is 0.533. The third kappa shape index (κ3) is 2.53. The highest BCUT2D eigenvalue weighted by Crippen LogP contribution is 2.33. The van der Waals surface area contributed by atoms with Gasteiger partial charge in [0.15, 0.2) is 5.82 Å². The number of nitrogens with two attached hydrogens (primary N) is 1. The van der Waals surface area contributed by atoms with E-state index in [0.717, 1.165) is 41.4 Å². The summed E-state index contributed by atoms with van der Waals surface area (Å²) in [6, 6.07) is 6.41. The van der Waals surface area contributed by atoms with Crippen LogP contribution in [0.15, 0.2) is 18.2 Å². The molecule has 0 amide bonds. The van der Waals surface area contributed by atoms with Gasteiger partial charge in [-0.1, -0.05) is 6.92 Å². The Labute approximate surface area is 119 Å². The summed E-state index contributed by atoms with van der Waals surface area (Å²) in [5.74, 6) is 1.65. The number of hydrogen-bond donors (Lipinski definition) is 1.